The lowest BCUT2D eigenvalue weighted by atomic mass is 9.86. The maximum atomic E-state index is 12.0. The highest BCUT2D eigenvalue weighted by Crippen LogP contribution is 2.33. The molecule has 0 radical (unpaired) electrons. The van der Waals surface area contributed by atoms with Gasteiger partial charge in [0.25, 0.3) is 5.91 Å². The van der Waals surface area contributed by atoms with Gasteiger partial charge >= 0.3 is 0 Å². The van der Waals surface area contributed by atoms with Gasteiger partial charge in [0.2, 0.25) is 0 Å². The molecule has 1 N–H and O–H groups in total. The van der Waals surface area contributed by atoms with Crippen LogP contribution in [0.25, 0.3) is 0 Å². The lowest BCUT2D eigenvalue weighted by Crippen LogP contribution is -2.29. The molecule has 0 saturated carbocycles. The van der Waals surface area contributed by atoms with Gasteiger partial charge in [-0.2, -0.15) is 0 Å². The van der Waals surface area contributed by atoms with Gasteiger partial charge in [-0.05, 0) is 35.2 Å². The first kappa shape index (κ1) is 18.8. The number of benzene rings is 2. The summed E-state index contributed by atoms with van der Waals surface area (Å²) in [5.74, 6) is 0.538. The van der Waals surface area contributed by atoms with Gasteiger partial charge in [0.1, 0.15) is 5.75 Å². The minimum Gasteiger partial charge on any atom is -0.483 e. The number of nitrogens with one attached hydrogen (secondary N) is 1. The predicted octanol–water partition coefficient (Wildman–Crippen LogP) is 5.10. The van der Waals surface area contributed by atoms with E-state index >= 15 is 0 Å². The van der Waals surface area contributed by atoms with Crippen molar-refractivity contribution in [2.24, 2.45) is 0 Å². The van der Waals surface area contributed by atoms with E-state index in [0.29, 0.717) is 11.6 Å². The molecule has 24 heavy (non-hydrogen) atoms. The fraction of sp³-hybridized carbons (Fsp3) is 0.316. The Morgan fingerprint density at radius 3 is 2.58 bits per heavy atom. The summed E-state index contributed by atoms with van der Waals surface area (Å²) in [4.78, 5) is 12.0. The second kappa shape index (κ2) is 8.04. The van der Waals surface area contributed by atoms with Gasteiger partial charge in [0.15, 0.2) is 6.61 Å². The molecule has 0 aliphatic rings. The average Bonchev–Trinajstić information content (AvgIpc) is 2.52. The van der Waals surface area contributed by atoms with Crippen molar-refractivity contribution in [2.75, 3.05) is 6.61 Å². The molecule has 2 aromatic rings. The van der Waals surface area contributed by atoms with Crippen LogP contribution in [-0.4, -0.2) is 12.5 Å². The first-order valence-electron chi connectivity index (χ1n) is 7.70. The van der Waals surface area contributed by atoms with Crippen molar-refractivity contribution in [3.05, 3.63) is 63.1 Å². The van der Waals surface area contributed by atoms with Gasteiger partial charge in [-0.25, -0.2) is 0 Å². The highest BCUT2D eigenvalue weighted by atomic mass is 79.9. The van der Waals surface area contributed by atoms with E-state index < -0.39 is 0 Å². The molecule has 5 heteroatoms. The van der Waals surface area contributed by atoms with Gasteiger partial charge in [-0.1, -0.05) is 66.5 Å². The second-order valence-electron chi connectivity index (χ2n) is 6.55. The number of hydrogen-bond donors (Lipinski definition) is 1. The Morgan fingerprint density at radius 1 is 1.21 bits per heavy atom. The molecule has 0 aromatic heterocycles. The van der Waals surface area contributed by atoms with Crippen molar-refractivity contribution in [1.82, 2.24) is 5.32 Å². The molecule has 0 heterocycles. The second-order valence-corrected chi connectivity index (χ2v) is 7.87. The molecule has 0 aliphatic heterocycles. The number of carbonyl (C=O) groups is 1. The summed E-state index contributed by atoms with van der Waals surface area (Å²) in [6.07, 6.45) is 0. The van der Waals surface area contributed by atoms with Crippen molar-refractivity contribution in [2.45, 2.75) is 32.7 Å². The van der Waals surface area contributed by atoms with Gasteiger partial charge in [-0.3, -0.25) is 4.79 Å². The van der Waals surface area contributed by atoms with Gasteiger partial charge in [0, 0.05) is 21.6 Å². The molecule has 2 rings (SSSR count). The first-order valence-corrected chi connectivity index (χ1v) is 8.87. The molecule has 0 aliphatic carbocycles. The zero-order valence-electron chi connectivity index (χ0n) is 14.0. The Hall–Kier alpha value is -1.52. The Bertz CT molecular complexity index is 726. The molecule has 0 bridgehead atoms. The van der Waals surface area contributed by atoms with Crippen LogP contribution in [-0.2, 0) is 16.8 Å². The van der Waals surface area contributed by atoms with Crippen molar-refractivity contribution < 1.29 is 9.53 Å². The Labute approximate surface area is 156 Å². The quantitative estimate of drug-likeness (QED) is 0.745. The van der Waals surface area contributed by atoms with Gasteiger partial charge in [-0.15, -0.1) is 0 Å². The van der Waals surface area contributed by atoms with Crippen LogP contribution in [0.5, 0.6) is 5.75 Å². The fourth-order valence-electron chi connectivity index (χ4n) is 2.24. The third-order valence-electron chi connectivity index (χ3n) is 3.54. The largest absolute Gasteiger partial charge is 0.483 e. The van der Waals surface area contributed by atoms with Crippen LogP contribution in [0, 0.1) is 0 Å². The summed E-state index contributed by atoms with van der Waals surface area (Å²) >= 11 is 9.56. The molecule has 0 unspecified atom stereocenters. The molecule has 1 amide bonds. The summed E-state index contributed by atoms with van der Waals surface area (Å²) in [5.41, 5.74) is 1.86. The molecular weight excluding hydrogens is 390 g/mol. The number of rotatable bonds is 5. The van der Waals surface area contributed by atoms with Gasteiger partial charge in [0.05, 0.1) is 0 Å². The number of hydrogen-bond acceptors (Lipinski definition) is 2. The lowest BCUT2D eigenvalue weighted by Gasteiger charge is -2.23. The smallest absolute Gasteiger partial charge is 0.258 e. The van der Waals surface area contributed by atoms with Crippen molar-refractivity contribution in [1.29, 1.82) is 0 Å². The SMILES string of the molecule is CC(C)(C)c1cc(Br)ccc1OCC(=O)NCc1ccccc1Cl. The zero-order chi connectivity index (χ0) is 17.7. The van der Waals surface area contributed by atoms with E-state index in [-0.39, 0.29) is 17.9 Å². The summed E-state index contributed by atoms with van der Waals surface area (Å²) in [5, 5.41) is 3.46. The zero-order valence-corrected chi connectivity index (χ0v) is 16.4. The lowest BCUT2D eigenvalue weighted by molar-refractivity contribution is -0.123. The Morgan fingerprint density at radius 2 is 1.92 bits per heavy atom. The van der Waals surface area contributed by atoms with E-state index in [2.05, 4.69) is 42.0 Å². The molecule has 0 fully saturated rings. The molecule has 2 aromatic carbocycles. The highest BCUT2D eigenvalue weighted by Gasteiger charge is 2.20. The summed E-state index contributed by atoms with van der Waals surface area (Å²) < 4.78 is 6.72. The van der Waals surface area contributed by atoms with E-state index in [4.69, 9.17) is 16.3 Å². The fourth-order valence-corrected chi connectivity index (χ4v) is 2.81. The number of amides is 1. The Balaban J connectivity index is 1.96. The first-order chi connectivity index (χ1) is 11.3. The normalized spacial score (nSPS) is 11.2. The topological polar surface area (TPSA) is 38.3 Å². The number of ether oxygens (including phenoxy) is 1. The van der Waals surface area contributed by atoms with Crippen LogP contribution < -0.4 is 10.1 Å². The molecule has 0 saturated heterocycles. The molecule has 128 valence electrons. The number of carbonyl (C=O) groups excluding carboxylic acids is 1. The van der Waals surface area contributed by atoms with E-state index in [9.17, 15) is 4.79 Å². The Kier molecular flexibility index (Phi) is 6.30. The predicted molar refractivity (Wildman–Crippen MR) is 102 cm³/mol. The summed E-state index contributed by atoms with van der Waals surface area (Å²) in [7, 11) is 0. The molecule has 0 spiro atoms. The minimum absolute atomic E-state index is 0.0326. The molecule has 0 atom stereocenters. The van der Waals surface area contributed by atoms with Crippen LogP contribution in [0.1, 0.15) is 31.9 Å². The van der Waals surface area contributed by atoms with Crippen molar-refractivity contribution >= 4 is 33.4 Å². The van der Waals surface area contributed by atoms with Crippen LogP contribution in [0.2, 0.25) is 5.02 Å². The van der Waals surface area contributed by atoms with Crippen LogP contribution >= 0.6 is 27.5 Å². The summed E-state index contributed by atoms with van der Waals surface area (Å²) in [6.45, 7) is 6.68. The van der Waals surface area contributed by atoms with E-state index in [1.54, 1.807) is 6.07 Å². The monoisotopic (exact) mass is 409 g/mol. The maximum absolute atomic E-state index is 12.0. The maximum Gasteiger partial charge on any atom is 0.258 e. The van der Waals surface area contributed by atoms with E-state index in [0.717, 1.165) is 21.3 Å². The minimum atomic E-state index is -0.183. The van der Waals surface area contributed by atoms with Crippen LogP contribution in [0.3, 0.4) is 0 Å². The molecule has 3 nitrogen and oxygen atoms in total. The third-order valence-corrected chi connectivity index (χ3v) is 4.40. The van der Waals surface area contributed by atoms with E-state index in [1.165, 1.54) is 0 Å². The highest BCUT2D eigenvalue weighted by molar-refractivity contribution is 9.10. The summed E-state index contributed by atoms with van der Waals surface area (Å²) in [6, 6.07) is 13.3. The van der Waals surface area contributed by atoms with Crippen molar-refractivity contribution in [3.8, 4) is 5.75 Å². The van der Waals surface area contributed by atoms with Gasteiger partial charge < -0.3 is 10.1 Å². The van der Waals surface area contributed by atoms with Crippen LogP contribution in [0.15, 0.2) is 46.9 Å². The van der Waals surface area contributed by atoms with Crippen LogP contribution in [0.4, 0.5) is 0 Å². The third kappa shape index (κ3) is 5.25. The van der Waals surface area contributed by atoms with Crippen molar-refractivity contribution in [3.63, 3.8) is 0 Å². The standard InChI is InChI=1S/C19H21BrClNO2/c1-19(2,3)15-10-14(20)8-9-17(15)24-12-18(23)22-11-13-6-4-5-7-16(13)21/h4-10H,11-12H2,1-3H3,(H,22,23). The molecular formula is C19H21BrClNO2. The number of halogens is 2. The average molecular weight is 411 g/mol. The van der Waals surface area contributed by atoms with E-state index in [1.807, 2.05) is 36.4 Å².